The molecule has 7 nitrogen and oxygen atoms in total. The Morgan fingerprint density at radius 3 is 2.48 bits per heavy atom. The average molecular weight is 341 g/mol. The second kappa shape index (κ2) is 6.09. The number of ether oxygens (including phenoxy) is 2. The van der Waals surface area contributed by atoms with E-state index in [-0.39, 0.29) is 0 Å². The van der Waals surface area contributed by atoms with Crippen molar-refractivity contribution in [1.82, 2.24) is 4.98 Å². The van der Waals surface area contributed by atoms with E-state index in [1.165, 1.54) is 18.4 Å². The summed E-state index contributed by atoms with van der Waals surface area (Å²) < 4.78 is 9.97. The molecule has 0 radical (unpaired) electrons. The molecule has 1 aliphatic rings. The summed E-state index contributed by atoms with van der Waals surface area (Å²) in [7, 11) is 1.33. The summed E-state index contributed by atoms with van der Waals surface area (Å²) in [5.74, 6) is -0.433. The van der Waals surface area contributed by atoms with Crippen molar-refractivity contribution in [1.29, 1.82) is 0 Å². The molecular weight excluding hydrogens is 318 g/mol. The normalized spacial score (nSPS) is 17.3. The van der Waals surface area contributed by atoms with Crippen molar-refractivity contribution < 1.29 is 19.1 Å². The highest BCUT2D eigenvalue weighted by Crippen LogP contribution is 2.54. The van der Waals surface area contributed by atoms with Crippen molar-refractivity contribution in [2.75, 3.05) is 12.4 Å². The van der Waals surface area contributed by atoms with Gasteiger partial charge in [0.05, 0.1) is 12.8 Å². The van der Waals surface area contributed by atoms with E-state index < -0.39 is 29.1 Å². The van der Waals surface area contributed by atoms with Gasteiger partial charge in [-0.05, 0) is 40.5 Å². The van der Waals surface area contributed by atoms with Gasteiger partial charge in [0, 0.05) is 10.3 Å². The van der Waals surface area contributed by atoms with E-state index in [1.807, 2.05) is 6.92 Å². The van der Waals surface area contributed by atoms with Gasteiger partial charge in [-0.25, -0.2) is 9.78 Å². The van der Waals surface area contributed by atoms with Crippen LogP contribution in [-0.4, -0.2) is 35.8 Å². The third-order valence-electron chi connectivity index (χ3n) is 3.70. The molecule has 3 N–H and O–H groups in total. The number of nitrogens with two attached hydrogens (primary N) is 1. The summed E-state index contributed by atoms with van der Waals surface area (Å²) >= 11 is 1.33. The Morgan fingerprint density at radius 1 is 1.39 bits per heavy atom. The smallest absolute Gasteiger partial charge is 0.413 e. The number of aryl methyl sites for hydroxylation is 1. The quantitative estimate of drug-likeness (QED) is 0.815. The second-order valence-corrected chi connectivity index (χ2v) is 7.72. The Hall–Kier alpha value is -1.67. The van der Waals surface area contributed by atoms with E-state index in [2.05, 4.69) is 10.3 Å². The monoisotopic (exact) mass is 341 g/mol. The van der Waals surface area contributed by atoms with Crippen molar-refractivity contribution in [3.8, 4) is 0 Å². The lowest BCUT2D eigenvalue weighted by Crippen LogP contribution is -2.42. The van der Waals surface area contributed by atoms with Crippen molar-refractivity contribution in [3.63, 3.8) is 0 Å². The predicted molar refractivity (Wildman–Crippen MR) is 87.6 cm³/mol. The van der Waals surface area contributed by atoms with E-state index in [9.17, 15) is 9.59 Å². The van der Waals surface area contributed by atoms with Gasteiger partial charge in [0.25, 0.3) is 0 Å². The summed E-state index contributed by atoms with van der Waals surface area (Å²) in [5, 5.41) is 3.07. The number of anilines is 1. The number of carbonyl (C=O) groups is 2. The molecule has 0 aromatic carbocycles. The van der Waals surface area contributed by atoms with Crippen molar-refractivity contribution in [2.24, 2.45) is 5.73 Å². The average Bonchev–Trinajstić information content (AvgIpc) is 3.14. The fourth-order valence-electron chi connectivity index (χ4n) is 2.47. The van der Waals surface area contributed by atoms with Crippen LogP contribution in [0, 0.1) is 6.92 Å². The lowest BCUT2D eigenvalue weighted by Gasteiger charge is -2.20. The Bertz CT molecular complexity index is 617. The maximum absolute atomic E-state index is 11.8. The molecule has 1 fully saturated rings. The van der Waals surface area contributed by atoms with Crippen LogP contribution in [0.1, 0.15) is 44.2 Å². The molecule has 1 amide bonds. The molecule has 8 heteroatoms. The Balaban J connectivity index is 2.16. The molecule has 1 aromatic rings. The van der Waals surface area contributed by atoms with E-state index in [0.717, 1.165) is 23.4 Å². The lowest BCUT2D eigenvalue weighted by atomic mass is 9.94. The van der Waals surface area contributed by atoms with Crippen LogP contribution < -0.4 is 11.1 Å². The van der Waals surface area contributed by atoms with E-state index in [1.54, 1.807) is 20.8 Å². The van der Waals surface area contributed by atoms with Gasteiger partial charge >= 0.3 is 12.1 Å². The summed E-state index contributed by atoms with van der Waals surface area (Å²) in [6.45, 7) is 7.22. The molecule has 2 rings (SSSR count). The molecule has 1 aromatic heterocycles. The minimum atomic E-state index is -0.721. The molecule has 1 unspecified atom stereocenters. The first-order valence-corrected chi connectivity index (χ1v) is 8.22. The number of nitrogens with zero attached hydrogens (tertiary/aromatic N) is 1. The maximum Gasteiger partial charge on any atom is 0.413 e. The van der Waals surface area contributed by atoms with E-state index in [0.29, 0.717) is 5.13 Å². The first kappa shape index (κ1) is 17.7. The predicted octanol–water partition coefficient (Wildman–Crippen LogP) is 2.33. The summed E-state index contributed by atoms with van der Waals surface area (Å²) in [5.41, 5.74) is 5.81. The molecule has 0 bridgehead atoms. The number of amides is 1. The minimum Gasteiger partial charge on any atom is -0.468 e. The molecular formula is C15H23N3O4S. The fourth-order valence-corrected chi connectivity index (χ4v) is 3.71. The number of hydrogen-bond acceptors (Lipinski definition) is 7. The first-order chi connectivity index (χ1) is 10.6. The number of methoxy groups -OCH3 is 1. The Morgan fingerprint density at radius 2 is 2.00 bits per heavy atom. The van der Waals surface area contributed by atoms with Gasteiger partial charge in [0.15, 0.2) is 5.13 Å². The largest absolute Gasteiger partial charge is 0.468 e. The number of hydrogen-bond donors (Lipinski definition) is 2. The number of rotatable bonds is 4. The Kier molecular flexibility index (Phi) is 4.68. The van der Waals surface area contributed by atoms with Crippen LogP contribution in [0.4, 0.5) is 9.93 Å². The van der Waals surface area contributed by atoms with Gasteiger partial charge in [-0.15, -0.1) is 11.3 Å². The summed E-state index contributed by atoms with van der Waals surface area (Å²) in [4.78, 5) is 28.9. The molecule has 128 valence electrons. The van der Waals surface area contributed by atoms with Gasteiger partial charge < -0.3 is 15.2 Å². The first-order valence-electron chi connectivity index (χ1n) is 7.40. The number of aromatic nitrogens is 1. The Labute approximate surface area is 139 Å². The zero-order valence-corrected chi connectivity index (χ0v) is 14.9. The number of carbonyl (C=O) groups excluding carboxylic acids is 2. The zero-order chi connectivity index (χ0) is 17.4. The maximum atomic E-state index is 11.8. The molecule has 23 heavy (non-hydrogen) atoms. The van der Waals surface area contributed by atoms with E-state index >= 15 is 0 Å². The van der Waals surface area contributed by atoms with Crippen LogP contribution in [0.15, 0.2) is 0 Å². The number of nitrogens with one attached hydrogen (secondary N) is 1. The third-order valence-corrected chi connectivity index (χ3v) is 4.99. The van der Waals surface area contributed by atoms with Crippen molar-refractivity contribution >= 4 is 28.5 Å². The van der Waals surface area contributed by atoms with Crippen molar-refractivity contribution in [2.45, 2.75) is 57.6 Å². The van der Waals surface area contributed by atoms with Gasteiger partial charge in [-0.3, -0.25) is 10.1 Å². The van der Waals surface area contributed by atoms with Gasteiger partial charge in [0.2, 0.25) is 0 Å². The highest BCUT2D eigenvalue weighted by molar-refractivity contribution is 7.16. The number of esters is 1. The lowest BCUT2D eigenvalue weighted by molar-refractivity contribution is -0.143. The molecule has 0 spiro atoms. The molecule has 0 aliphatic heterocycles. The molecule has 1 saturated carbocycles. The van der Waals surface area contributed by atoms with Crippen LogP contribution in [-0.2, 0) is 19.7 Å². The SMILES string of the molecule is COC(=O)C(N)C1(c2sc(NC(=O)OC(C)(C)C)nc2C)CC1. The highest BCUT2D eigenvalue weighted by Gasteiger charge is 2.55. The van der Waals surface area contributed by atoms with Crippen molar-refractivity contribution in [3.05, 3.63) is 10.6 Å². The minimum absolute atomic E-state index is 0.428. The van der Waals surface area contributed by atoms with Crippen LogP contribution in [0.2, 0.25) is 0 Å². The van der Waals surface area contributed by atoms with Gasteiger partial charge in [0.1, 0.15) is 11.6 Å². The topological polar surface area (TPSA) is 104 Å². The van der Waals surface area contributed by atoms with Crippen LogP contribution in [0.5, 0.6) is 0 Å². The van der Waals surface area contributed by atoms with Gasteiger partial charge in [-0.1, -0.05) is 0 Å². The third kappa shape index (κ3) is 3.81. The molecule has 0 saturated heterocycles. The zero-order valence-electron chi connectivity index (χ0n) is 14.1. The second-order valence-electron chi connectivity index (χ2n) is 6.72. The van der Waals surface area contributed by atoms with Crippen LogP contribution in [0.25, 0.3) is 0 Å². The molecule has 1 aliphatic carbocycles. The van der Waals surface area contributed by atoms with Crippen LogP contribution >= 0.6 is 11.3 Å². The molecule has 1 atom stereocenters. The number of thiazole rings is 1. The van der Waals surface area contributed by atoms with E-state index in [4.69, 9.17) is 15.2 Å². The molecule has 1 heterocycles. The standard InChI is InChI=1S/C15H23N3O4S/c1-8-10(15(6-7-15)9(16)11(19)21-5)23-12(17-8)18-13(20)22-14(2,3)4/h9H,6-7,16H2,1-5H3,(H,17,18,20). The van der Waals surface area contributed by atoms with Crippen LogP contribution in [0.3, 0.4) is 0 Å². The fraction of sp³-hybridized carbons (Fsp3) is 0.667. The van der Waals surface area contributed by atoms with Gasteiger partial charge in [-0.2, -0.15) is 0 Å². The highest BCUT2D eigenvalue weighted by atomic mass is 32.1. The summed E-state index contributed by atoms with van der Waals surface area (Å²) in [6.07, 6.45) is 1.05. The summed E-state index contributed by atoms with van der Waals surface area (Å²) in [6, 6.07) is -0.721.